The van der Waals surface area contributed by atoms with Crippen LogP contribution in [0.15, 0.2) is 5.16 Å². The van der Waals surface area contributed by atoms with Gasteiger partial charge in [-0.3, -0.25) is 9.89 Å². The van der Waals surface area contributed by atoms with Crippen LogP contribution >= 0.6 is 0 Å². The number of hydrogen-bond acceptors (Lipinski definition) is 5. The summed E-state index contributed by atoms with van der Waals surface area (Å²) >= 11 is 0. The lowest BCUT2D eigenvalue weighted by molar-refractivity contribution is -0.120. The molecule has 7 nitrogen and oxygen atoms in total. The van der Waals surface area contributed by atoms with Gasteiger partial charge in [-0.2, -0.15) is 0 Å². The fraction of sp³-hybridized carbons (Fsp3) is 0.769. The minimum Gasteiger partial charge on any atom is -0.355 e. The molecule has 1 atom stereocenters. The summed E-state index contributed by atoms with van der Waals surface area (Å²) in [5, 5.41) is 7.36. The first-order valence-electron chi connectivity index (χ1n) is 7.32. The number of H-pyrrole nitrogens is 1. The summed E-state index contributed by atoms with van der Waals surface area (Å²) in [6.07, 6.45) is 5.82. The van der Waals surface area contributed by atoms with Crippen LogP contribution < -0.4 is 5.32 Å². The molecule has 1 fully saturated rings. The van der Waals surface area contributed by atoms with E-state index in [1.54, 1.807) is 6.92 Å². The molecule has 1 aromatic rings. The standard InChI is InChI=1S/C13H22N4O3S/c1-9(21(19,20)13-15-10(2)16-17-13)12(18)14-8-11-6-4-3-5-7-11/h9,11H,3-8H2,1-2H3,(H,14,18)(H,15,16,17). The number of carbonyl (C=O) groups is 1. The van der Waals surface area contributed by atoms with E-state index in [0.29, 0.717) is 18.3 Å². The van der Waals surface area contributed by atoms with Crippen LogP contribution in [0.4, 0.5) is 0 Å². The summed E-state index contributed by atoms with van der Waals surface area (Å²) in [5.41, 5.74) is 0. The first-order valence-corrected chi connectivity index (χ1v) is 8.86. The minimum atomic E-state index is -3.84. The third-order valence-electron chi connectivity index (χ3n) is 3.96. The SMILES string of the molecule is Cc1nc(S(=O)(=O)C(C)C(=O)NCC2CCCCC2)n[nH]1. The maximum absolute atomic E-state index is 12.2. The zero-order chi connectivity index (χ0) is 15.5. The number of rotatable bonds is 5. The lowest BCUT2D eigenvalue weighted by atomic mass is 9.89. The second kappa shape index (κ2) is 6.55. The molecular formula is C13H22N4O3S. The van der Waals surface area contributed by atoms with Crippen LogP contribution in [-0.4, -0.2) is 41.3 Å². The Labute approximate surface area is 124 Å². The van der Waals surface area contributed by atoms with Crippen LogP contribution in [0, 0.1) is 12.8 Å². The van der Waals surface area contributed by atoms with Gasteiger partial charge in [0, 0.05) is 6.54 Å². The second-order valence-corrected chi connectivity index (χ2v) is 7.80. The van der Waals surface area contributed by atoms with Crippen molar-refractivity contribution >= 4 is 15.7 Å². The van der Waals surface area contributed by atoms with Crippen LogP contribution in [0.1, 0.15) is 44.9 Å². The Morgan fingerprint density at radius 3 is 2.62 bits per heavy atom. The number of nitrogens with one attached hydrogen (secondary N) is 2. The van der Waals surface area contributed by atoms with Gasteiger partial charge in [-0.1, -0.05) is 19.3 Å². The van der Waals surface area contributed by atoms with Crippen LogP contribution in [0.2, 0.25) is 0 Å². The van der Waals surface area contributed by atoms with Crippen molar-refractivity contribution in [1.29, 1.82) is 0 Å². The van der Waals surface area contributed by atoms with Crippen LogP contribution in [0.3, 0.4) is 0 Å². The molecule has 1 saturated carbocycles. The molecule has 1 heterocycles. The summed E-state index contributed by atoms with van der Waals surface area (Å²) in [4.78, 5) is 15.9. The van der Waals surface area contributed by atoms with Crippen molar-refractivity contribution in [3.05, 3.63) is 5.82 Å². The van der Waals surface area contributed by atoms with Crippen molar-refractivity contribution in [2.24, 2.45) is 5.92 Å². The highest BCUT2D eigenvalue weighted by Crippen LogP contribution is 2.22. The third-order valence-corrected chi connectivity index (χ3v) is 5.79. The topological polar surface area (TPSA) is 105 Å². The molecule has 0 aliphatic heterocycles. The molecule has 1 aromatic heterocycles. The predicted octanol–water partition coefficient (Wildman–Crippen LogP) is 0.972. The van der Waals surface area contributed by atoms with E-state index >= 15 is 0 Å². The van der Waals surface area contributed by atoms with Gasteiger partial charge in [0.05, 0.1) is 0 Å². The Hall–Kier alpha value is -1.44. The average molecular weight is 314 g/mol. The number of aryl methyl sites for hydroxylation is 1. The summed E-state index contributed by atoms with van der Waals surface area (Å²) in [7, 11) is -3.84. The van der Waals surface area contributed by atoms with Gasteiger partial charge < -0.3 is 5.32 Å². The van der Waals surface area contributed by atoms with E-state index in [-0.39, 0.29) is 5.16 Å². The quantitative estimate of drug-likeness (QED) is 0.842. The maximum atomic E-state index is 12.2. The van der Waals surface area contributed by atoms with Gasteiger partial charge in [0.1, 0.15) is 11.1 Å². The molecule has 118 valence electrons. The Bertz CT molecular complexity index is 590. The Morgan fingerprint density at radius 1 is 1.38 bits per heavy atom. The summed E-state index contributed by atoms with van der Waals surface area (Å²) in [6, 6.07) is 0. The Balaban J connectivity index is 1.95. The molecule has 0 spiro atoms. The molecular weight excluding hydrogens is 292 g/mol. The molecule has 1 amide bonds. The van der Waals surface area contributed by atoms with Gasteiger partial charge in [0.15, 0.2) is 0 Å². The van der Waals surface area contributed by atoms with Gasteiger partial charge >= 0.3 is 0 Å². The summed E-state index contributed by atoms with van der Waals surface area (Å²) in [5.74, 6) is 0.384. The van der Waals surface area contributed by atoms with E-state index in [1.165, 1.54) is 26.2 Å². The molecule has 1 aliphatic carbocycles. The summed E-state index contributed by atoms with van der Waals surface area (Å²) in [6.45, 7) is 3.53. The van der Waals surface area contributed by atoms with E-state index in [2.05, 4.69) is 20.5 Å². The number of hydrogen-bond donors (Lipinski definition) is 2. The van der Waals surface area contributed by atoms with Crippen molar-refractivity contribution in [1.82, 2.24) is 20.5 Å². The van der Waals surface area contributed by atoms with Crippen LogP contribution in [0.25, 0.3) is 0 Å². The molecule has 8 heteroatoms. The normalized spacial score (nSPS) is 18.4. The van der Waals surface area contributed by atoms with Crippen molar-refractivity contribution in [3.63, 3.8) is 0 Å². The van der Waals surface area contributed by atoms with E-state index in [9.17, 15) is 13.2 Å². The minimum absolute atomic E-state index is 0.319. The smallest absolute Gasteiger partial charge is 0.267 e. The highest BCUT2D eigenvalue weighted by atomic mass is 32.2. The molecule has 2 N–H and O–H groups in total. The third kappa shape index (κ3) is 3.81. The summed E-state index contributed by atoms with van der Waals surface area (Å²) < 4.78 is 24.5. The number of aromatic nitrogens is 3. The van der Waals surface area contributed by atoms with Crippen molar-refractivity contribution < 1.29 is 13.2 Å². The van der Waals surface area contributed by atoms with E-state index < -0.39 is 21.0 Å². The number of carbonyl (C=O) groups excluding carboxylic acids is 1. The lowest BCUT2D eigenvalue weighted by Crippen LogP contribution is -2.40. The fourth-order valence-corrected chi connectivity index (χ4v) is 3.65. The maximum Gasteiger partial charge on any atom is 0.267 e. The number of sulfone groups is 1. The molecule has 2 rings (SSSR count). The Morgan fingerprint density at radius 2 is 2.05 bits per heavy atom. The van der Waals surface area contributed by atoms with Crippen molar-refractivity contribution in [2.75, 3.05) is 6.54 Å². The zero-order valence-electron chi connectivity index (χ0n) is 12.4. The largest absolute Gasteiger partial charge is 0.355 e. The monoisotopic (exact) mass is 314 g/mol. The van der Waals surface area contributed by atoms with E-state index in [1.807, 2.05) is 0 Å². The van der Waals surface area contributed by atoms with E-state index in [4.69, 9.17) is 0 Å². The van der Waals surface area contributed by atoms with E-state index in [0.717, 1.165) is 12.8 Å². The van der Waals surface area contributed by atoms with Gasteiger partial charge in [0.2, 0.25) is 15.7 Å². The molecule has 21 heavy (non-hydrogen) atoms. The molecule has 1 aliphatic rings. The molecule has 0 aromatic carbocycles. The molecule has 0 saturated heterocycles. The van der Waals surface area contributed by atoms with Crippen LogP contribution in [-0.2, 0) is 14.6 Å². The van der Waals surface area contributed by atoms with Gasteiger partial charge in [-0.05, 0) is 32.6 Å². The zero-order valence-corrected chi connectivity index (χ0v) is 13.2. The van der Waals surface area contributed by atoms with Crippen LogP contribution in [0.5, 0.6) is 0 Å². The highest BCUT2D eigenvalue weighted by Gasteiger charge is 2.33. The van der Waals surface area contributed by atoms with Crippen molar-refractivity contribution in [2.45, 2.75) is 56.4 Å². The highest BCUT2D eigenvalue weighted by molar-refractivity contribution is 7.92. The molecule has 1 unspecified atom stereocenters. The molecule has 0 radical (unpaired) electrons. The van der Waals surface area contributed by atoms with Gasteiger partial charge in [0.25, 0.3) is 5.16 Å². The lowest BCUT2D eigenvalue weighted by Gasteiger charge is -2.22. The first-order chi connectivity index (χ1) is 9.91. The first kappa shape index (κ1) is 15.9. The van der Waals surface area contributed by atoms with Crippen molar-refractivity contribution in [3.8, 4) is 0 Å². The Kier molecular flexibility index (Phi) is 4.97. The number of amides is 1. The number of nitrogens with zero attached hydrogens (tertiary/aromatic N) is 2. The number of aromatic amines is 1. The van der Waals surface area contributed by atoms with Gasteiger partial charge in [-0.25, -0.2) is 13.4 Å². The average Bonchev–Trinajstić information content (AvgIpc) is 2.92. The second-order valence-electron chi connectivity index (χ2n) is 5.64. The fourth-order valence-electron chi connectivity index (χ4n) is 2.53. The van der Waals surface area contributed by atoms with Gasteiger partial charge in [-0.15, -0.1) is 5.10 Å². The predicted molar refractivity (Wildman–Crippen MR) is 77.4 cm³/mol. The molecule has 0 bridgehead atoms.